The number of fused-ring (bicyclic) bond motifs is 2. The van der Waals surface area contributed by atoms with E-state index in [-0.39, 0.29) is 5.91 Å². The molecule has 0 fully saturated rings. The van der Waals surface area contributed by atoms with Crippen molar-refractivity contribution in [2.24, 2.45) is 0 Å². The van der Waals surface area contributed by atoms with Crippen molar-refractivity contribution in [3.05, 3.63) is 94.9 Å². The molecule has 5 aromatic rings. The van der Waals surface area contributed by atoms with Crippen LogP contribution in [0.5, 0.6) is 0 Å². The van der Waals surface area contributed by atoms with E-state index in [1.165, 1.54) is 11.3 Å². The van der Waals surface area contributed by atoms with Crippen molar-refractivity contribution in [3.8, 4) is 0 Å². The first-order valence-corrected chi connectivity index (χ1v) is 11.1. The number of hydrogen-bond donors (Lipinski definition) is 0. The lowest BCUT2D eigenvalue weighted by Crippen LogP contribution is -2.31. The molecule has 0 aliphatic rings. The first kappa shape index (κ1) is 19.0. The fourth-order valence-electron chi connectivity index (χ4n) is 3.44. The summed E-state index contributed by atoms with van der Waals surface area (Å²) in [6.45, 7) is 0.348. The number of furan rings is 1. The first-order valence-electron chi connectivity index (χ1n) is 9.52. The maximum absolute atomic E-state index is 13.4. The predicted octanol–water partition coefficient (Wildman–Crippen LogP) is 6.58. The molecule has 0 aliphatic carbocycles. The molecule has 5 rings (SSSR count). The average molecular weight is 477 g/mol. The quantitative estimate of drug-likeness (QED) is 0.287. The van der Waals surface area contributed by atoms with Crippen LogP contribution in [0.1, 0.15) is 11.3 Å². The highest BCUT2D eigenvalue weighted by Gasteiger charge is 2.22. The molecule has 148 valence electrons. The van der Waals surface area contributed by atoms with Crippen molar-refractivity contribution in [3.63, 3.8) is 0 Å². The van der Waals surface area contributed by atoms with Gasteiger partial charge in [0.05, 0.1) is 29.4 Å². The molecular weight excluding hydrogens is 460 g/mol. The van der Waals surface area contributed by atoms with Crippen LogP contribution in [-0.2, 0) is 17.8 Å². The number of amides is 1. The van der Waals surface area contributed by atoms with Crippen molar-refractivity contribution in [1.82, 2.24) is 4.98 Å². The minimum atomic E-state index is -0.0141. The number of nitrogens with zero attached hydrogens (tertiary/aromatic N) is 2. The van der Waals surface area contributed by atoms with Gasteiger partial charge in [0, 0.05) is 4.47 Å². The van der Waals surface area contributed by atoms with E-state index < -0.39 is 0 Å². The second kappa shape index (κ2) is 8.05. The van der Waals surface area contributed by atoms with Gasteiger partial charge in [-0.3, -0.25) is 9.69 Å². The number of carbonyl (C=O) groups excluding carboxylic acids is 1. The molecule has 0 saturated heterocycles. The zero-order valence-electron chi connectivity index (χ0n) is 15.9. The van der Waals surface area contributed by atoms with Gasteiger partial charge in [-0.1, -0.05) is 69.7 Å². The Morgan fingerprint density at radius 2 is 1.87 bits per heavy atom. The van der Waals surface area contributed by atoms with E-state index >= 15 is 0 Å². The third-order valence-corrected chi connectivity index (χ3v) is 6.47. The molecular formula is C24H17BrN2O2S. The van der Waals surface area contributed by atoms with Crippen LogP contribution in [0.25, 0.3) is 21.0 Å². The highest BCUT2D eigenvalue weighted by atomic mass is 79.9. The molecule has 0 saturated carbocycles. The number of benzene rings is 3. The summed E-state index contributed by atoms with van der Waals surface area (Å²) in [5.74, 6) is 0.710. The molecule has 2 heterocycles. The molecule has 1 amide bonds. The van der Waals surface area contributed by atoms with Crippen LogP contribution in [0.3, 0.4) is 0 Å². The van der Waals surface area contributed by atoms with Crippen molar-refractivity contribution >= 4 is 59.3 Å². The molecule has 2 aromatic heterocycles. The maximum atomic E-state index is 13.4. The summed E-state index contributed by atoms with van der Waals surface area (Å²) in [7, 11) is 0. The molecule has 4 nitrogen and oxygen atoms in total. The lowest BCUT2D eigenvalue weighted by molar-refractivity contribution is -0.118. The van der Waals surface area contributed by atoms with E-state index in [2.05, 4.69) is 40.2 Å². The molecule has 0 atom stereocenters. The van der Waals surface area contributed by atoms with Crippen molar-refractivity contribution < 1.29 is 9.21 Å². The predicted molar refractivity (Wildman–Crippen MR) is 125 cm³/mol. The van der Waals surface area contributed by atoms with Gasteiger partial charge < -0.3 is 4.42 Å². The molecule has 3 aromatic carbocycles. The molecule has 0 N–H and O–H groups in total. The highest BCUT2D eigenvalue weighted by molar-refractivity contribution is 9.10. The number of hydrogen-bond acceptors (Lipinski definition) is 4. The summed E-state index contributed by atoms with van der Waals surface area (Å²) in [5, 5.41) is 2.97. The topological polar surface area (TPSA) is 46.3 Å². The number of aromatic nitrogens is 1. The Hall–Kier alpha value is -2.96. The molecule has 0 spiro atoms. The van der Waals surface area contributed by atoms with Crippen LogP contribution in [-0.4, -0.2) is 10.9 Å². The maximum Gasteiger partial charge on any atom is 0.233 e. The molecule has 0 aliphatic heterocycles. The fraction of sp³-hybridized carbons (Fsp3) is 0.0833. The minimum absolute atomic E-state index is 0.0141. The summed E-state index contributed by atoms with van der Waals surface area (Å²) in [6.07, 6.45) is 1.92. The highest BCUT2D eigenvalue weighted by Crippen LogP contribution is 2.32. The lowest BCUT2D eigenvalue weighted by atomic mass is 10.0. The van der Waals surface area contributed by atoms with Crippen LogP contribution in [0.4, 0.5) is 5.13 Å². The van der Waals surface area contributed by atoms with Crippen LogP contribution < -0.4 is 4.90 Å². The van der Waals surface area contributed by atoms with E-state index in [0.717, 1.165) is 36.8 Å². The van der Waals surface area contributed by atoms with E-state index in [1.54, 1.807) is 11.2 Å². The minimum Gasteiger partial charge on any atom is -0.467 e. The Morgan fingerprint density at radius 3 is 2.70 bits per heavy atom. The Labute approximate surface area is 185 Å². The van der Waals surface area contributed by atoms with E-state index in [0.29, 0.717) is 18.1 Å². The van der Waals surface area contributed by atoms with Gasteiger partial charge in [-0.25, -0.2) is 4.98 Å². The van der Waals surface area contributed by atoms with Crippen molar-refractivity contribution in [2.75, 3.05) is 4.90 Å². The lowest BCUT2D eigenvalue weighted by Gasteiger charge is -2.19. The van der Waals surface area contributed by atoms with E-state index in [1.807, 2.05) is 48.5 Å². The molecule has 0 bridgehead atoms. The normalized spacial score (nSPS) is 11.2. The van der Waals surface area contributed by atoms with Crippen LogP contribution in [0, 0.1) is 0 Å². The van der Waals surface area contributed by atoms with E-state index in [9.17, 15) is 4.79 Å². The summed E-state index contributed by atoms with van der Waals surface area (Å²) in [5.41, 5.74) is 1.85. The van der Waals surface area contributed by atoms with Gasteiger partial charge in [0.1, 0.15) is 5.76 Å². The zero-order chi connectivity index (χ0) is 20.5. The number of anilines is 1. The Morgan fingerprint density at radius 1 is 1.00 bits per heavy atom. The molecule has 6 heteroatoms. The smallest absolute Gasteiger partial charge is 0.233 e. The fourth-order valence-corrected chi connectivity index (χ4v) is 4.98. The van der Waals surface area contributed by atoms with Gasteiger partial charge in [0.2, 0.25) is 5.91 Å². The van der Waals surface area contributed by atoms with Crippen molar-refractivity contribution in [1.29, 1.82) is 0 Å². The summed E-state index contributed by atoms with van der Waals surface area (Å²) in [6, 6.07) is 24.0. The van der Waals surface area contributed by atoms with Gasteiger partial charge >= 0.3 is 0 Å². The van der Waals surface area contributed by atoms with Gasteiger partial charge in [0.15, 0.2) is 5.13 Å². The third kappa shape index (κ3) is 3.88. The van der Waals surface area contributed by atoms with Crippen molar-refractivity contribution in [2.45, 2.75) is 13.0 Å². The standard InChI is InChI=1S/C24H17BrN2O2S/c25-19-9-10-21-22(14-19)30-24(26-21)27(15-20-6-3-11-29-20)23(28)13-16-7-8-17-4-1-2-5-18(17)12-16/h1-12,14H,13,15H2. The molecule has 0 unspecified atom stereocenters. The largest absolute Gasteiger partial charge is 0.467 e. The summed E-state index contributed by atoms with van der Waals surface area (Å²) >= 11 is 5.01. The van der Waals surface area contributed by atoms with Crippen LogP contribution >= 0.6 is 27.3 Å². The Bertz CT molecular complexity index is 1340. The van der Waals surface area contributed by atoms with Crippen LogP contribution in [0.2, 0.25) is 0 Å². The number of thiazole rings is 1. The molecule has 0 radical (unpaired) electrons. The van der Waals surface area contributed by atoms with Gasteiger partial charge in [-0.2, -0.15) is 0 Å². The van der Waals surface area contributed by atoms with Gasteiger partial charge in [0.25, 0.3) is 0 Å². The van der Waals surface area contributed by atoms with Crippen LogP contribution in [0.15, 0.2) is 87.9 Å². The SMILES string of the molecule is O=C(Cc1ccc2ccccc2c1)N(Cc1ccco1)c1nc2ccc(Br)cc2s1. The number of halogens is 1. The second-order valence-electron chi connectivity index (χ2n) is 7.03. The number of rotatable bonds is 5. The van der Waals surface area contributed by atoms with Gasteiger partial charge in [-0.15, -0.1) is 0 Å². The summed E-state index contributed by atoms with van der Waals surface area (Å²) in [4.78, 5) is 19.8. The average Bonchev–Trinajstić information content (AvgIpc) is 3.41. The van der Waals surface area contributed by atoms with Gasteiger partial charge in [-0.05, 0) is 46.7 Å². The Kier molecular flexibility index (Phi) is 5.11. The Balaban J connectivity index is 1.48. The second-order valence-corrected chi connectivity index (χ2v) is 8.95. The van der Waals surface area contributed by atoms with E-state index in [4.69, 9.17) is 9.40 Å². The number of carbonyl (C=O) groups is 1. The monoisotopic (exact) mass is 476 g/mol. The zero-order valence-corrected chi connectivity index (χ0v) is 18.3. The first-order chi connectivity index (χ1) is 14.7. The molecule has 30 heavy (non-hydrogen) atoms. The summed E-state index contributed by atoms with van der Waals surface area (Å²) < 4.78 is 7.53. The third-order valence-electron chi connectivity index (χ3n) is 4.93.